The molecular weight excluding hydrogens is 514 g/mol. The topological polar surface area (TPSA) is 156 Å². The van der Waals surface area contributed by atoms with E-state index in [1.54, 1.807) is 12.1 Å². The lowest BCUT2D eigenvalue weighted by atomic mass is 9.85. The van der Waals surface area contributed by atoms with Crippen LogP contribution >= 0.6 is 0 Å². The summed E-state index contributed by atoms with van der Waals surface area (Å²) >= 11 is 0. The Morgan fingerprint density at radius 1 is 0.900 bits per heavy atom. The Morgan fingerprint density at radius 2 is 1.57 bits per heavy atom. The first-order valence-corrected chi connectivity index (χ1v) is 12.7. The molecule has 2 saturated heterocycles. The zero-order valence-electron chi connectivity index (χ0n) is 21.3. The third kappa shape index (κ3) is 4.24. The third-order valence-corrected chi connectivity index (χ3v) is 7.52. The predicted molar refractivity (Wildman–Crippen MR) is 145 cm³/mol. The molecule has 2 aliphatic heterocycles. The van der Waals surface area contributed by atoms with Crippen molar-refractivity contribution in [3.05, 3.63) is 95.1 Å². The van der Waals surface area contributed by atoms with Crippen LogP contribution in [-0.4, -0.2) is 66.5 Å². The van der Waals surface area contributed by atoms with Crippen LogP contribution in [0.15, 0.2) is 78.1 Å². The van der Waals surface area contributed by atoms with E-state index in [0.29, 0.717) is 31.0 Å². The van der Waals surface area contributed by atoms with E-state index in [2.05, 4.69) is 19.9 Å². The number of urea groups is 1. The molecule has 202 valence electrons. The highest BCUT2D eigenvalue weighted by atomic mass is 16.4. The fourth-order valence-corrected chi connectivity index (χ4v) is 5.50. The molecule has 40 heavy (non-hydrogen) atoms. The molecule has 12 heteroatoms. The van der Waals surface area contributed by atoms with Gasteiger partial charge in [-0.25, -0.2) is 24.5 Å². The van der Waals surface area contributed by atoms with Crippen LogP contribution in [0.3, 0.4) is 0 Å². The van der Waals surface area contributed by atoms with Gasteiger partial charge in [0.25, 0.3) is 11.5 Å². The number of nitrogens with zero attached hydrogens (tertiary/aromatic N) is 5. The van der Waals surface area contributed by atoms with Gasteiger partial charge in [0.1, 0.15) is 11.4 Å². The van der Waals surface area contributed by atoms with Crippen molar-refractivity contribution in [1.82, 2.24) is 24.8 Å². The highest BCUT2D eigenvalue weighted by Gasteiger charge is 2.59. The average Bonchev–Trinajstić information content (AvgIpc) is 3.51. The smallest absolute Gasteiger partial charge is 0.356 e. The third-order valence-electron chi connectivity index (χ3n) is 7.52. The first-order chi connectivity index (χ1) is 19.4. The van der Waals surface area contributed by atoms with E-state index in [1.807, 2.05) is 47.4 Å². The SMILES string of the molecule is O=C(O)c1nc[nH]c1CN1CCC2(CC1)C(=O)N(c1ccc(-c3ccccc3)cc1)C(=O)N2c1cc(=O)[nH]cn1. The molecule has 6 rings (SSSR count). The molecule has 1 spiro atoms. The van der Waals surface area contributed by atoms with Gasteiger partial charge in [-0.15, -0.1) is 0 Å². The summed E-state index contributed by atoms with van der Waals surface area (Å²) in [6.45, 7) is 1.10. The molecule has 2 fully saturated rings. The highest BCUT2D eigenvalue weighted by molar-refractivity contribution is 6.30. The molecule has 2 aromatic carbocycles. The van der Waals surface area contributed by atoms with E-state index >= 15 is 0 Å². The van der Waals surface area contributed by atoms with E-state index < -0.39 is 23.1 Å². The molecule has 0 unspecified atom stereocenters. The number of imidazole rings is 1. The number of carboxylic acid groups (broad SMARTS) is 1. The largest absolute Gasteiger partial charge is 0.476 e. The predicted octanol–water partition coefficient (Wildman–Crippen LogP) is 2.87. The van der Waals surface area contributed by atoms with Crippen LogP contribution in [0.1, 0.15) is 29.0 Å². The number of anilines is 2. The number of carbonyl (C=O) groups is 3. The number of carbonyl (C=O) groups excluding carboxylic acids is 2. The first kappa shape index (κ1) is 25.2. The summed E-state index contributed by atoms with van der Waals surface area (Å²) in [5.41, 5.74) is 1.10. The van der Waals surface area contributed by atoms with Crippen molar-refractivity contribution < 1.29 is 19.5 Å². The number of benzene rings is 2. The number of piperidine rings is 1. The minimum absolute atomic E-state index is 0.0492. The number of carboxylic acids is 1. The summed E-state index contributed by atoms with van der Waals surface area (Å²) < 4.78 is 0. The number of likely N-dealkylation sites (tertiary alicyclic amines) is 1. The molecule has 2 aliphatic rings. The Kier molecular flexibility index (Phi) is 6.23. The molecule has 4 heterocycles. The van der Waals surface area contributed by atoms with Gasteiger partial charge in [-0.3, -0.25) is 19.4 Å². The Balaban J connectivity index is 1.31. The van der Waals surface area contributed by atoms with Gasteiger partial charge < -0.3 is 15.1 Å². The van der Waals surface area contributed by atoms with E-state index in [0.717, 1.165) is 16.0 Å². The molecule has 0 atom stereocenters. The number of hydrogen-bond donors (Lipinski definition) is 3. The summed E-state index contributed by atoms with van der Waals surface area (Å²) in [4.78, 5) is 69.6. The second-order valence-corrected chi connectivity index (χ2v) is 9.78. The summed E-state index contributed by atoms with van der Waals surface area (Å²) in [5.74, 6) is -1.41. The van der Waals surface area contributed by atoms with E-state index in [-0.39, 0.29) is 30.3 Å². The number of aromatic carboxylic acids is 1. The van der Waals surface area contributed by atoms with Crippen molar-refractivity contribution in [3.8, 4) is 11.1 Å². The van der Waals surface area contributed by atoms with Gasteiger partial charge in [0.05, 0.1) is 24.0 Å². The fourth-order valence-electron chi connectivity index (χ4n) is 5.50. The molecule has 4 aromatic rings. The molecule has 0 radical (unpaired) electrons. The quantitative estimate of drug-likeness (QED) is 0.316. The lowest BCUT2D eigenvalue weighted by molar-refractivity contribution is -0.123. The standard InChI is InChI=1S/C28H25N7O5/c36-23-14-22(30-17-31-23)35-27(40)34(20-8-6-19(7-9-20)18-4-2-1-3-5-18)26(39)28(35)10-12-33(13-11-28)15-21-24(25(37)38)32-16-29-21/h1-9,14,16-17H,10-13,15H2,(H,29,32)(H,37,38)(H,30,31,36). The molecule has 3 N–H and O–H groups in total. The van der Waals surface area contributed by atoms with Gasteiger partial charge in [-0.05, 0) is 36.1 Å². The zero-order valence-corrected chi connectivity index (χ0v) is 21.3. The molecule has 0 bridgehead atoms. The van der Waals surface area contributed by atoms with Crippen LogP contribution in [-0.2, 0) is 11.3 Å². The number of nitrogens with one attached hydrogen (secondary N) is 2. The Morgan fingerprint density at radius 3 is 2.25 bits per heavy atom. The summed E-state index contributed by atoms with van der Waals surface area (Å²) in [6, 6.07) is 17.6. The van der Waals surface area contributed by atoms with E-state index in [1.165, 1.54) is 23.6 Å². The Hall–Kier alpha value is -5.10. The minimum atomic E-state index is -1.25. The number of imide groups is 1. The number of aromatic amines is 2. The summed E-state index contributed by atoms with van der Waals surface area (Å²) in [7, 11) is 0. The summed E-state index contributed by atoms with van der Waals surface area (Å²) in [5, 5.41) is 9.39. The van der Waals surface area contributed by atoms with Gasteiger partial charge >= 0.3 is 12.0 Å². The zero-order chi connectivity index (χ0) is 27.9. The van der Waals surface area contributed by atoms with Gasteiger partial charge in [-0.1, -0.05) is 42.5 Å². The van der Waals surface area contributed by atoms with Crippen LogP contribution in [0.4, 0.5) is 16.3 Å². The van der Waals surface area contributed by atoms with Gasteiger partial charge in [0, 0.05) is 25.7 Å². The second kappa shape index (κ2) is 9.89. The molecule has 12 nitrogen and oxygen atoms in total. The van der Waals surface area contributed by atoms with Crippen molar-refractivity contribution in [2.45, 2.75) is 24.9 Å². The van der Waals surface area contributed by atoms with Crippen molar-refractivity contribution >= 4 is 29.4 Å². The monoisotopic (exact) mass is 539 g/mol. The van der Waals surface area contributed by atoms with Crippen molar-refractivity contribution in [2.75, 3.05) is 22.9 Å². The van der Waals surface area contributed by atoms with Crippen molar-refractivity contribution in [1.29, 1.82) is 0 Å². The fraction of sp³-hybridized carbons (Fsp3) is 0.214. The summed E-state index contributed by atoms with van der Waals surface area (Å²) in [6.07, 6.45) is 3.08. The van der Waals surface area contributed by atoms with Gasteiger partial charge in [0.15, 0.2) is 5.69 Å². The van der Waals surface area contributed by atoms with Gasteiger partial charge in [-0.2, -0.15) is 0 Å². The second-order valence-electron chi connectivity index (χ2n) is 9.78. The Bertz CT molecular complexity index is 1640. The average molecular weight is 540 g/mol. The van der Waals surface area contributed by atoms with Crippen LogP contribution in [0.5, 0.6) is 0 Å². The number of hydrogen-bond acceptors (Lipinski definition) is 7. The highest BCUT2D eigenvalue weighted by Crippen LogP contribution is 2.42. The lowest BCUT2D eigenvalue weighted by Crippen LogP contribution is -2.57. The van der Waals surface area contributed by atoms with Crippen molar-refractivity contribution in [3.63, 3.8) is 0 Å². The van der Waals surface area contributed by atoms with E-state index in [4.69, 9.17) is 0 Å². The van der Waals surface area contributed by atoms with Gasteiger partial charge in [0.2, 0.25) is 0 Å². The maximum Gasteiger partial charge on any atom is 0.356 e. The maximum atomic E-state index is 14.1. The number of H-pyrrole nitrogens is 2. The molecule has 0 saturated carbocycles. The molecule has 3 amide bonds. The number of rotatable bonds is 6. The van der Waals surface area contributed by atoms with Crippen LogP contribution in [0.2, 0.25) is 0 Å². The molecule has 2 aromatic heterocycles. The minimum Gasteiger partial charge on any atom is -0.476 e. The number of aromatic nitrogens is 4. The van der Waals surface area contributed by atoms with Crippen LogP contribution in [0.25, 0.3) is 11.1 Å². The van der Waals surface area contributed by atoms with Crippen molar-refractivity contribution in [2.24, 2.45) is 0 Å². The van der Waals surface area contributed by atoms with E-state index in [9.17, 15) is 24.3 Å². The lowest BCUT2D eigenvalue weighted by Gasteiger charge is -2.41. The number of amides is 3. The maximum absolute atomic E-state index is 14.1. The van der Waals surface area contributed by atoms with Crippen LogP contribution in [0, 0.1) is 0 Å². The first-order valence-electron chi connectivity index (χ1n) is 12.7. The Labute approximate surface area is 227 Å². The van der Waals surface area contributed by atoms with Crippen LogP contribution < -0.4 is 15.4 Å². The molecule has 0 aliphatic carbocycles. The molecular formula is C28H25N7O5. The normalized spacial score (nSPS) is 17.1.